The summed E-state index contributed by atoms with van der Waals surface area (Å²) in [7, 11) is 0. The summed E-state index contributed by atoms with van der Waals surface area (Å²) in [6.07, 6.45) is 9.11. The van der Waals surface area contributed by atoms with Crippen LogP contribution in [0, 0.1) is 0 Å². The highest BCUT2D eigenvalue weighted by Crippen LogP contribution is 2.38. The van der Waals surface area contributed by atoms with Crippen molar-refractivity contribution in [3.05, 3.63) is 127 Å². The van der Waals surface area contributed by atoms with Gasteiger partial charge in [0.2, 0.25) is 0 Å². The SMILES string of the molecule is CC1/C=C\C=C/Cc2cccc(-c3ccc4ccc5ccc(-c6cccc7c6oc6ccccc67)nc5c4n3)c2O1. The number of fused-ring (bicyclic) bond motifs is 7. The van der Waals surface area contributed by atoms with Crippen LogP contribution in [-0.4, -0.2) is 16.1 Å². The minimum Gasteiger partial charge on any atom is -0.486 e. The maximum absolute atomic E-state index is 6.45. The van der Waals surface area contributed by atoms with E-state index in [-0.39, 0.29) is 6.10 Å². The highest BCUT2D eigenvalue weighted by molar-refractivity contribution is 6.10. The summed E-state index contributed by atoms with van der Waals surface area (Å²) in [5.74, 6) is 0.883. The van der Waals surface area contributed by atoms with Crippen LogP contribution < -0.4 is 4.74 Å². The summed E-state index contributed by atoms with van der Waals surface area (Å²) in [5, 5.41) is 4.29. The van der Waals surface area contributed by atoms with Crippen LogP contribution in [-0.2, 0) is 6.42 Å². The second kappa shape index (κ2) is 9.46. The molecule has 4 aromatic carbocycles. The highest BCUT2D eigenvalue weighted by Gasteiger charge is 2.17. The summed E-state index contributed by atoms with van der Waals surface area (Å²) in [6.45, 7) is 2.06. The fourth-order valence-corrected chi connectivity index (χ4v) is 5.82. The van der Waals surface area contributed by atoms with Gasteiger partial charge in [-0.25, -0.2) is 9.97 Å². The Hall–Kier alpha value is -5.22. The van der Waals surface area contributed by atoms with E-state index in [1.165, 1.54) is 0 Å². The van der Waals surface area contributed by atoms with E-state index in [9.17, 15) is 0 Å². The third-order valence-corrected chi connectivity index (χ3v) is 7.84. The second-order valence-corrected chi connectivity index (χ2v) is 10.5. The number of pyridine rings is 2. The van der Waals surface area contributed by atoms with Gasteiger partial charge in [0.15, 0.2) is 0 Å². The van der Waals surface area contributed by atoms with Gasteiger partial charge in [0.1, 0.15) is 23.0 Å². The molecule has 0 bridgehead atoms. The Kier molecular flexibility index (Phi) is 5.46. The van der Waals surface area contributed by atoms with Gasteiger partial charge in [0.05, 0.1) is 22.4 Å². The topological polar surface area (TPSA) is 48.2 Å². The molecule has 4 nitrogen and oxygen atoms in total. The largest absolute Gasteiger partial charge is 0.486 e. The van der Waals surface area contributed by atoms with Gasteiger partial charge in [-0.05, 0) is 55.3 Å². The van der Waals surface area contributed by atoms with Crippen molar-refractivity contribution in [1.29, 1.82) is 0 Å². The molecule has 1 aliphatic heterocycles. The molecule has 1 atom stereocenters. The highest BCUT2D eigenvalue weighted by atomic mass is 16.5. The minimum absolute atomic E-state index is 0.0517. The van der Waals surface area contributed by atoms with Crippen LogP contribution in [0.5, 0.6) is 5.75 Å². The molecular weight excluding hydrogens is 504 g/mol. The summed E-state index contributed by atoms with van der Waals surface area (Å²) in [4.78, 5) is 10.4. The van der Waals surface area contributed by atoms with Gasteiger partial charge in [0, 0.05) is 32.7 Å². The summed E-state index contributed by atoms with van der Waals surface area (Å²) in [5.41, 5.74) is 8.29. The molecule has 7 aromatic rings. The zero-order chi connectivity index (χ0) is 27.3. The van der Waals surface area contributed by atoms with E-state index in [1.54, 1.807) is 0 Å². The fraction of sp³-hybridized carbons (Fsp3) is 0.0811. The van der Waals surface area contributed by atoms with Crippen molar-refractivity contribution in [2.24, 2.45) is 0 Å². The van der Waals surface area contributed by atoms with Crippen LogP contribution in [0.25, 0.3) is 66.3 Å². The number of allylic oxidation sites excluding steroid dienone is 3. The normalized spacial score (nSPS) is 16.7. The maximum Gasteiger partial charge on any atom is 0.144 e. The molecule has 4 heteroatoms. The van der Waals surface area contributed by atoms with Gasteiger partial charge < -0.3 is 9.15 Å². The lowest BCUT2D eigenvalue weighted by Crippen LogP contribution is -2.10. The fourth-order valence-electron chi connectivity index (χ4n) is 5.82. The van der Waals surface area contributed by atoms with E-state index in [4.69, 9.17) is 19.1 Å². The van der Waals surface area contributed by atoms with Crippen LogP contribution in [0.1, 0.15) is 12.5 Å². The zero-order valence-electron chi connectivity index (χ0n) is 22.5. The molecule has 41 heavy (non-hydrogen) atoms. The minimum atomic E-state index is -0.0517. The molecule has 0 amide bonds. The monoisotopic (exact) mass is 530 g/mol. The summed E-state index contributed by atoms with van der Waals surface area (Å²) >= 11 is 0. The molecule has 196 valence electrons. The maximum atomic E-state index is 6.45. The third-order valence-electron chi connectivity index (χ3n) is 7.84. The molecule has 4 heterocycles. The smallest absolute Gasteiger partial charge is 0.144 e. The third kappa shape index (κ3) is 3.99. The molecule has 0 spiro atoms. The molecule has 1 aliphatic rings. The Morgan fingerprint density at radius 1 is 0.659 bits per heavy atom. The lowest BCUT2D eigenvalue weighted by atomic mass is 10.0. The molecule has 0 N–H and O–H groups in total. The number of hydrogen-bond acceptors (Lipinski definition) is 4. The van der Waals surface area contributed by atoms with Crippen molar-refractivity contribution < 1.29 is 9.15 Å². The number of hydrogen-bond donors (Lipinski definition) is 0. The molecule has 0 saturated heterocycles. The first-order chi connectivity index (χ1) is 20.2. The van der Waals surface area contributed by atoms with Gasteiger partial charge in [-0.2, -0.15) is 0 Å². The van der Waals surface area contributed by atoms with E-state index in [0.717, 1.165) is 84.0 Å². The van der Waals surface area contributed by atoms with Crippen LogP contribution in [0.15, 0.2) is 126 Å². The van der Waals surface area contributed by atoms with Gasteiger partial charge in [0.25, 0.3) is 0 Å². The van der Waals surface area contributed by atoms with Gasteiger partial charge in [-0.3, -0.25) is 0 Å². The molecule has 1 unspecified atom stereocenters. The Morgan fingerprint density at radius 2 is 1.34 bits per heavy atom. The number of nitrogens with zero attached hydrogens (tertiary/aromatic N) is 2. The number of ether oxygens (including phenoxy) is 1. The van der Waals surface area contributed by atoms with E-state index < -0.39 is 0 Å². The van der Waals surface area contributed by atoms with E-state index in [1.807, 2.05) is 24.3 Å². The Balaban J connectivity index is 1.32. The van der Waals surface area contributed by atoms with Crippen LogP contribution in [0.2, 0.25) is 0 Å². The Morgan fingerprint density at radius 3 is 2.17 bits per heavy atom. The predicted octanol–water partition coefficient (Wildman–Crippen LogP) is 9.45. The average Bonchev–Trinajstić information content (AvgIpc) is 3.43. The molecule has 8 rings (SSSR count). The second-order valence-electron chi connectivity index (χ2n) is 10.5. The lowest BCUT2D eigenvalue weighted by Gasteiger charge is -2.18. The number of para-hydroxylation sites is 3. The van der Waals surface area contributed by atoms with Gasteiger partial charge >= 0.3 is 0 Å². The predicted molar refractivity (Wildman–Crippen MR) is 167 cm³/mol. The van der Waals surface area contributed by atoms with Gasteiger partial charge in [-0.15, -0.1) is 0 Å². The van der Waals surface area contributed by atoms with Gasteiger partial charge in [-0.1, -0.05) is 85.0 Å². The lowest BCUT2D eigenvalue weighted by molar-refractivity contribution is 0.269. The van der Waals surface area contributed by atoms with Crippen LogP contribution in [0.4, 0.5) is 0 Å². The molecule has 0 aliphatic carbocycles. The first-order valence-electron chi connectivity index (χ1n) is 14.0. The number of benzene rings is 4. The van der Waals surface area contributed by atoms with Crippen LogP contribution >= 0.6 is 0 Å². The molecular formula is C37H26N2O2. The first kappa shape index (κ1) is 23.6. The molecule has 0 fully saturated rings. The number of aromatic nitrogens is 2. The Bertz CT molecular complexity index is 2190. The average molecular weight is 531 g/mol. The van der Waals surface area contributed by atoms with E-state index in [2.05, 4.69) is 104 Å². The van der Waals surface area contributed by atoms with Crippen LogP contribution in [0.3, 0.4) is 0 Å². The van der Waals surface area contributed by atoms with Crippen molar-refractivity contribution >= 4 is 43.7 Å². The zero-order valence-corrected chi connectivity index (χ0v) is 22.5. The van der Waals surface area contributed by atoms with E-state index in [0.29, 0.717) is 0 Å². The van der Waals surface area contributed by atoms with E-state index >= 15 is 0 Å². The van der Waals surface area contributed by atoms with Crippen molar-refractivity contribution in [1.82, 2.24) is 9.97 Å². The van der Waals surface area contributed by atoms with Crippen molar-refractivity contribution in [3.63, 3.8) is 0 Å². The quantitative estimate of drug-likeness (QED) is 0.209. The summed E-state index contributed by atoms with van der Waals surface area (Å²) < 4.78 is 12.8. The van der Waals surface area contributed by atoms with Crippen molar-refractivity contribution in [2.45, 2.75) is 19.4 Å². The number of furan rings is 1. The number of rotatable bonds is 2. The molecule has 0 saturated carbocycles. The Labute approximate surface area is 237 Å². The standard InChI is InChI=1S/C37H26N2O2/c1-23-9-3-2-4-10-26-11-7-14-29(36(26)40-23)31-21-19-24-17-18-25-20-22-32(39-35(25)34(24)38-31)30-15-8-13-28-27-12-5-6-16-33(27)41-37(28)30/h2-9,11-23H,10H2,1H3/b4-2-,9-3-. The molecule has 3 aromatic heterocycles. The van der Waals surface area contributed by atoms with Crippen molar-refractivity contribution in [3.8, 4) is 28.3 Å². The first-order valence-corrected chi connectivity index (χ1v) is 14.0. The van der Waals surface area contributed by atoms with Crippen molar-refractivity contribution in [2.75, 3.05) is 0 Å². The summed E-state index contributed by atoms with van der Waals surface area (Å²) in [6, 6.07) is 33.3. The molecule has 0 radical (unpaired) electrons.